The summed E-state index contributed by atoms with van der Waals surface area (Å²) in [5.41, 5.74) is 6.41. The molecule has 5 nitrogen and oxygen atoms in total. The van der Waals surface area contributed by atoms with Crippen LogP contribution in [0, 0.1) is 29.3 Å². The number of hydrogen-bond donors (Lipinski definition) is 2. The normalized spacial score (nSPS) is 27.6. The predicted molar refractivity (Wildman–Crippen MR) is 105 cm³/mol. The number of benzene rings is 1. The van der Waals surface area contributed by atoms with E-state index in [1.54, 1.807) is 6.92 Å². The molecule has 3 aliphatic rings. The number of amides is 2. The first-order valence-corrected chi connectivity index (χ1v) is 10.8. The van der Waals surface area contributed by atoms with Crippen molar-refractivity contribution >= 4 is 11.8 Å². The molecule has 5 atom stereocenters. The molecule has 3 fully saturated rings. The molecule has 4 rings (SSSR count). The van der Waals surface area contributed by atoms with Crippen LogP contribution in [0.3, 0.4) is 0 Å². The van der Waals surface area contributed by atoms with Gasteiger partial charge < -0.3 is 16.0 Å². The molecule has 2 heterocycles. The summed E-state index contributed by atoms with van der Waals surface area (Å²) >= 11 is 0. The lowest BCUT2D eigenvalue weighted by atomic mass is 9.82. The first kappa shape index (κ1) is 21.2. The third-order valence-electron chi connectivity index (χ3n) is 6.85. The summed E-state index contributed by atoms with van der Waals surface area (Å²) in [7, 11) is 0. The van der Waals surface area contributed by atoms with Gasteiger partial charge in [0, 0.05) is 30.1 Å². The molecule has 8 heteroatoms. The van der Waals surface area contributed by atoms with E-state index >= 15 is 0 Å². The molecular formula is C22H28F3N3O2. The maximum atomic E-state index is 14.0. The highest BCUT2D eigenvalue weighted by Crippen LogP contribution is 2.40. The molecule has 0 radical (unpaired) electrons. The van der Waals surface area contributed by atoms with Crippen molar-refractivity contribution in [2.24, 2.45) is 17.6 Å². The van der Waals surface area contributed by atoms with Gasteiger partial charge in [0.15, 0.2) is 11.6 Å². The summed E-state index contributed by atoms with van der Waals surface area (Å²) in [5, 5.41) is 2.83. The second-order valence-corrected chi connectivity index (χ2v) is 9.09. The van der Waals surface area contributed by atoms with Crippen LogP contribution in [0.4, 0.5) is 13.2 Å². The van der Waals surface area contributed by atoms with Crippen LogP contribution in [0.5, 0.6) is 0 Å². The second-order valence-electron chi connectivity index (χ2n) is 9.09. The van der Waals surface area contributed by atoms with E-state index in [0.29, 0.717) is 18.9 Å². The molecule has 2 saturated heterocycles. The van der Waals surface area contributed by atoms with E-state index in [2.05, 4.69) is 5.32 Å². The van der Waals surface area contributed by atoms with Crippen LogP contribution in [-0.4, -0.2) is 40.9 Å². The highest BCUT2D eigenvalue weighted by atomic mass is 19.2. The van der Waals surface area contributed by atoms with E-state index in [4.69, 9.17) is 5.73 Å². The maximum absolute atomic E-state index is 14.0. The zero-order valence-corrected chi connectivity index (χ0v) is 17.0. The zero-order chi connectivity index (χ0) is 21.6. The average Bonchev–Trinajstić information content (AvgIpc) is 3.51. The van der Waals surface area contributed by atoms with E-state index < -0.39 is 29.5 Å². The van der Waals surface area contributed by atoms with Gasteiger partial charge >= 0.3 is 0 Å². The molecule has 2 aliphatic heterocycles. The minimum atomic E-state index is -1.21. The number of hydrogen-bond acceptors (Lipinski definition) is 3. The number of piperidine rings is 1. The van der Waals surface area contributed by atoms with E-state index in [9.17, 15) is 22.8 Å². The fourth-order valence-electron chi connectivity index (χ4n) is 5.03. The minimum absolute atomic E-state index is 0.0439. The summed E-state index contributed by atoms with van der Waals surface area (Å²) in [6.07, 6.45) is 5.04. The Kier molecular flexibility index (Phi) is 5.79. The van der Waals surface area contributed by atoms with Gasteiger partial charge in [-0.25, -0.2) is 13.2 Å². The summed E-state index contributed by atoms with van der Waals surface area (Å²) in [5.74, 6) is -3.07. The summed E-state index contributed by atoms with van der Waals surface area (Å²) in [4.78, 5) is 26.9. The second kappa shape index (κ2) is 8.21. The SMILES string of the molecule is CC(NC(=O)C1CC1)C(=O)N1C2CC[C@H]1CC([C@H](N)Cc1cc(F)c(F)cc1F)C2. The van der Waals surface area contributed by atoms with Gasteiger partial charge in [-0.1, -0.05) is 0 Å². The molecule has 30 heavy (non-hydrogen) atoms. The van der Waals surface area contributed by atoms with Crippen LogP contribution in [0.1, 0.15) is 51.0 Å². The fraction of sp³-hybridized carbons (Fsp3) is 0.636. The highest BCUT2D eigenvalue weighted by Gasteiger charge is 2.46. The minimum Gasteiger partial charge on any atom is -0.344 e. The van der Waals surface area contributed by atoms with Crippen molar-refractivity contribution in [1.82, 2.24) is 10.2 Å². The van der Waals surface area contributed by atoms with Crippen molar-refractivity contribution in [1.29, 1.82) is 0 Å². The quantitative estimate of drug-likeness (QED) is 0.691. The van der Waals surface area contributed by atoms with Crippen molar-refractivity contribution in [2.75, 3.05) is 0 Å². The predicted octanol–water partition coefficient (Wildman–Crippen LogP) is 2.66. The van der Waals surface area contributed by atoms with Gasteiger partial charge in [-0.3, -0.25) is 9.59 Å². The Labute approximate surface area is 174 Å². The number of fused-ring (bicyclic) bond motifs is 2. The van der Waals surface area contributed by atoms with Crippen molar-refractivity contribution in [3.05, 3.63) is 35.1 Å². The third-order valence-corrected chi connectivity index (χ3v) is 6.85. The molecule has 0 aromatic heterocycles. The van der Waals surface area contributed by atoms with Crippen molar-refractivity contribution in [3.8, 4) is 0 Å². The van der Waals surface area contributed by atoms with Crippen molar-refractivity contribution in [2.45, 2.75) is 76.0 Å². The van der Waals surface area contributed by atoms with Gasteiger partial charge in [-0.05, 0) is 69.4 Å². The lowest BCUT2D eigenvalue weighted by Crippen LogP contribution is -2.55. The van der Waals surface area contributed by atoms with Crippen LogP contribution in [0.2, 0.25) is 0 Å². The Bertz CT molecular complexity index is 831. The number of carbonyl (C=O) groups is 2. The molecule has 3 N–H and O–H groups in total. The summed E-state index contributed by atoms with van der Waals surface area (Å²) in [6.45, 7) is 1.73. The Morgan fingerprint density at radius 2 is 1.67 bits per heavy atom. The van der Waals surface area contributed by atoms with Crippen LogP contribution < -0.4 is 11.1 Å². The molecule has 1 saturated carbocycles. The van der Waals surface area contributed by atoms with E-state index in [-0.39, 0.29) is 47.7 Å². The Morgan fingerprint density at radius 3 is 2.27 bits per heavy atom. The van der Waals surface area contributed by atoms with Gasteiger partial charge in [0.25, 0.3) is 0 Å². The summed E-state index contributed by atoms with van der Waals surface area (Å²) in [6, 6.07) is 0.561. The molecule has 164 valence electrons. The molecule has 1 aromatic carbocycles. The lowest BCUT2D eigenvalue weighted by Gasteiger charge is -2.42. The Hall–Kier alpha value is -2.09. The zero-order valence-electron chi connectivity index (χ0n) is 17.0. The molecule has 1 aromatic rings. The molecular weight excluding hydrogens is 395 g/mol. The van der Waals surface area contributed by atoms with Crippen LogP contribution in [0.25, 0.3) is 0 Å². The standard InChI is InChI=1S/C22H28F3N3O2/c1-11(27-21(29)12-2-3-12)22(30)28-15-4-5-16(28)7-14(6-15)20(26)9-13-8-18(24)19(25)10-17(13)23/h8,10-12,14-16,20H,2-7,9,26H2,1H3,(H,27,29)/t11?,14?,15-,16?,20+/m0/s1. The maximum Gasteiger partial charge on any atom is 0.245 e. The monoisotopic (exact) mass is 423 g/mol. The average molecular weight is 423 g/mol. The molecule has 0 spiro atoms. The van der Waals surface area contributed by atoms with Crippen LogP contribution in [-0.2, 0) is 16.0 Å². The number of halogens is 3. The number of nitrogens with one attached hydrogen (secondary N) is 1. The summed E-state index contributed by atoms with van der Waals surface area (Å²) < 4.78 is 40.6. The van der Waals surface area contributed by atoms with Gasteiger partial charge in [-0.2, -0.15) is 0 Å². The molecule has 3 unspecified atom stereocenters. The fourth-order valence-corrected chi connectivity index (χ4v) is 5.03. The van der Waals surface area contributed by atoms with Gasteiger partial charge in [-0.15, -0.1) is 0 Å². The van der Waals surface area contributed by atoms with Gasteiger partial charge in [0.2, 0.25) is 11.8 Å². The number of rotatable bonds is 6. The molecule has 2 amide bonds. The Morgan fingerprint density at radius 1 is 1.07 bits per heavy atom. The lowest BCUT2D eigenvalue weighted by molar-refractivity contribution is -0.140. The van der Waals surface area contributed by atoms with Gasteiger partial charge in [0.05, 0.1) is 0 Å². The first-order chi connectivity index (χ1) is 14.2. The highest BCUT2D eigenvalue weighted by molar-refractivity contribution is 5.89. The third kappa shape index (κ3) is 4.19. The Balaban J connectivity index is 1.38. The topological polar surface area (TPSA) is 75.4 Å². The number of nitrogens with zero attached hydrogens (tertiary/aromatic N) is 1. The van der Waals surface area contributed by atoms with Crippen LogP contribution in [0.15, 0.2) is 12.1 Å². The van der Waals surface area contributed by atoms with E-state index in [1.807, 2.05) is 4.90 Å². The number of carbonyl (C=O) groups excluding carboxylic acids is 2. The smallest absolute Gasteiger partial charge is 0.245 e. The number of nitrogens with two attached hydrogens (primary N) is 1. The first-order valence-electron chi connectivity index (χ1n) is 10.8. The molecule has 2 bridgehead atoms. The van der Waals surface area contributed by atoms with Crippen molar-refractivity contribution in [3.63, 3.8) is 0 Å². The van der Waals surface area contributed by atoms with E-state index in [0.717, 1.165) is 31.7 Å². The largest absolute Gasteiger partial charge is 0.344 e. The van der Waals surface area contributed by atoms with E-state index in [1.165, 1.54) is 0 Å². The van der Waals surface area contributed by atoms with Crippen LogP contribution >= 0.6 is 0 Å². The molecule has 1 aliphatic carbocycles. The van der Waals surface area contributed by atoms with Crippen molar-refractivity contribution < 1.29 is 22.8 Å². The van der Waals surface area contributed by atoms with Gasteiger partial charge in [0.1, 0.15) is 11.9 Å².